The molecule has 2 fully saturated rings. The molecule has 1 N–H and O–H groups in total. The van der Waals surface area contributed by atoms with Gasteiger partial charge in [-0.2, -0.15) is 11.3 Å². The smallest absolute Gasteiger partial charge is 0.241 e. The number of hydrogen-bond acceptors (Lipinski definition) is 3. The lowest BCUT2D eigenvalue weighted by atomic mass is 9.80. The van der Waals surface area contributed by atoms with Gasteiger partial charge in [0, 0.05) is 6.04 Å². The number of hydrogen-bond donors (Lipinski definition) is 1. The number of unbranched alkanes of at least 4 members (excludes halogenated alkanes) is 1. The van der Waals surface area contributed by atoms with Crippen molar-refractivity contribution in [3.05, 3.63) is 22.4 Å². The third-order valence-corrected chi connectivity index (χ3v) is 5.34. The number of nitrogens with zero attached hydrogens (tertiary/aromatic N) is 1. The van der Waals surface area contributed by atoms with E-state index in [-0.39, 0.29) is 12.2 Å². The highest BCUT2D eigenvalue weighted by Gasteiger charge is 2.45. The van der Waals surface area contributed by atoms with Crippen LogP contribution in [-0.2, 0) is 4.79 Å². The van der Waals surface area contributed by atoms with E-state index in [0.717, 1.165) is 38.0 Å². The predicted octanol–water partition coefficient (Wildman–Crippen LogP) is 3.54. The zero-order valence-electron chi connectivity index (χ0n) is 12.3. The molecule has 0 aromatic carbocycles. The molecule has 3 rings (SSSR count). The number of carbonyl (C=O) groups excluding carboxylic acids is 1. The zero-order chi connectivity index (χ0) is 14.1. The van der Waals surface area contributed by atoms with Crippen molar-refractivity contribution in [3.8, 4) is 0 Å². The largest absolute Gasteiger partial charge is 0.319 e. The minimum Gasteiger partial charge on any atom is -0.319 e. The fraction of sp³-hybridized carbons (Fsp3) is 0.688. The SMILES string of the molecule is CCCCC1NC(c2ccsc2)N(C2CC(C)C2)C1=O. The molecular weight excluding hydrogens is 268 g/mol. The van der Waals surface area contributed by atoms with Crippen molar-refractivity contribution in [3.63, 3.8) is 0 Å². The molecule has 2 aliphatic rings. The minimum absolute atomic E-state index is 0.0238. The van der Waals surface area contributed by atoms with Crippen LogP contribution in [-0.4, -0.2) is 22.9 Å². The summed E-state index contributed by atoms with van der Waals surface area (Å²) in [4.78, 5) is 14.9. The van der Waals surface area contributed by atoms with Gasteiger partial charge >= 0.3 is 0 Å². The summed E-state index contributed by atoms with van der Waals surface area (Å²) in [7, 11) is 0. The van der Waals surface area contributed by atoms with Crippen molar-refractivity contribution >= 4 is 17.2 Å². The molecule has 2 unspecified atom stereocenters. The number of thiophene rings is 1. The lowest BCUT2D eigenvalue weighted by molar-refractivity contribution is -0.135. The molecule has 1 saturated heterocycles. The molecular formula is C16H24N2OS. The minimum atomic E-state index is 0.0238. The van der Waals surface area contributed by atoms with Crippen molar-refractivity contribution in [2.24, 2.45) is 5.92 Å². The maximum atomic E-state index is 12.7. The van der Waals surface area contributed by atoms with E-state index in [9.17, 15) is 4.79 Å². The maximum Gasteiger partial charge on any atom is 0.241 e. The van der Waals surface area contributed by atoms with Gasteiger partial charge in [-0.05, 0) is 47.6 Å². The van der Waals surface area contributed by atoms with Crippen molar-refractivity contribution in [2.75, 3.05) is 0 Å². The number of carbonyl (C=O) groups is 1. The Bertz CT molecular complexity index is 453. The van der Waals surface area contributed by atoms with Crippen LogP contribution < -0.4 is 5.32 Å². The molecule has 1 aliphatic heterocycles. The lowest BCUT2D eigenvalue weighted by Gasteiger charge is -2.42. The Morgan fingerprint density at radius 1 is 1.45 bits per heavy atom. The Kier molecular flexibility index (Phi) is 4.13. The van der Waals surface area contributed by atoms with Crippen molar-refractivity contribution in [1.82, 2.24) is 10.2 Å². The van der Waals surface area contributed by atoms with Gasteiger partial charge in [-0.3, -0.25) is 10.1 Å². The standard InChI is InChI=1S/C16H24N2OS/c1-3-4-5-14-16(19)18(13-8-11(2)9-13)15(17-14)12-6-7-20-10-12/h6-7,10-11,13-15,17H,3-5,8-9H2,1-2H3. The van der Waals surface area contributed by atoms with Crippen LogP contribution in [0.5, 0.6) is 0 Å². The van der Waals surface area contributed by atoms with Crippen LogP contribution in [0.1, 0.15) is 57.7 Å². The lowest BCUT2D eigenvalue weighted by Crippen LogP contribution is -2.47. The molecule has 0 radical (unpaired) electrons. The summed E-state index contributed by atoms with van der Waals surface area (Å²) in [5.74, 6) is 1.09. The fourth-order valence-corrected chi connectivity index (χ4v) is 4.11. The van der Waals surface area contributed by atoms with Crippen LogP contribution in [0.3, 0.4) is 0 Å². The van der Waals surface area contributed by atoms with Crippen LogP contribution in [0.25, 0.3) is 0 Å². The Morgan fingerprint density at radius 3 is 2.85 bits per heavy atom. The van der Waals surface area contributed by atoms with Gasteiger partial charge in [0.2, 0.25) is 5.91 Å². The molecule has 110 valence electrons. The van der Waals surface area contributed by atoms with E-state index < -0.39 is 0 Å². The molecule has 1 aromatic heterocycles. The van der Waals surface area contributed by atoms with Crippen molar-refractivity contribution < 1.29 is 4.79 Å². The second-order valence-corrected chi connectivity index (χ2v) is 7.08. The van der Waals surface area contributed by atoms with Gasteiger partial charge in [-0.25, -0.2) is 0 Å². The Balaban J connectivity index is 1.77. The quantitative estimate of drug-likeness (QED) is 0.900. The van der Waals surface area contributed by atoms with Crippen LogP contribution in [0, 0.1) is 5.92 Å². The van der Waals surface area contributed by atoms with Gasteiger partial charge in [0.15, 0.2) is 0 Å². The molecule has 1 aromatic rings. The van der Waals surface area contributed by atoms with Crippen LogP contribution in [0.15, 0.2) is 16.8 Å². The molecule has 1 amide bonds. The summed E-state index contributed by atoms with van der Waals surface area (Å²) in [5, 5.41) is 7.84. The molecule has 20 heavy (non-hydrogen) atoms. The topological polar surface area (TPSA) is 32.3 Å². The molecule has 2 heterocycles. The van der Waals surface area contributed by atoms with E-state index >= 15 is 0 Å². The molecule has 4 heteroatoms. The molecule has 2 atom stereocenters. The first-order valence-corrected chi connectivity index (χ1v) is 8.75. The third kappa shape index (κ3) is 2.51. The summed E-state index contributed by atoms with van der Waals surface area (Å²) in [6, 6.07) is 2.62. The highest BCUT2D eigenvalue weighted by atomic mass is 32.1. The monoisotopic (exact) mass is 292 g/mol. The van der Waals surface area contributed by atoms with Crippen LogP contribution in [0.2, 0.25) is 0 Å². The van der Waals surface area contributed by atoms with Gasteiger partial charge in [0.25, 0.3) is 0 Å². The van der Waals surface area contributed by atoms with Gasteiger partial charge in [0.1, 0.15) is 6.17 Å². The van der Waals surface area contributed by atoms with Crippen LogP contribution >= 0.6 is 11.3 Å². The summed E-state index contributed by atoms with van der Waals surface area (Å²) in [5.41, 5.74) is 1.25. The van der Waals surface area contributed by atoms with Gasteiger partial charge in [0.05, 0.1) is 6.04 Å². The first kappa shape index (κ1) is 14.1. The average Bonchev–Trinajstić information content (AvgIpc) is 3.01. The van der Waals surface area contributed by atoms with E-state index in [4.69, 9.17) is 0 Å². The van der Waals surface area contributed by atoms with E-state index in [1.165, 1.54) is 5.56 Å². The third-order valence-electron chi connectivity index (χ3n) is 4.64. The zero-order valence-corrected chi connectivity index (χ0v) is 13.2. The summed E-state index contributed by atoms with van der Waals surface area (Å²) < 4.78 is 0. The van der Waals surface area contributed by atoms with Gasteiger partial charge in [-0.15, -0.1) is 0 Å². The summed E-state index contributed by atoms with van der Waals surface area (Å²) >= 11 is 1.71. The van der Waals surface area contributed by atoms with Gasteiger partial charge in [-0.1, -0.05) is 26.7 Å². The van der Waals surface area contributed by atoms with E-state index in [0.29, 0.717) is 11.9 Å². The molecule has 3 nitrogen and oxygen atoms in total. The molecule has 0 spiro atoms. The second kappa shape index (κ2) is 5.86. The van der Waals surface area contributed by atoms with Crippen LogP contribution in [0.4, 0.5) is 0 Å². The molecule has 1 aliphatic carbocycles. The first-order valence-electron chi connectivity index (χ1n) is 7.81. The number of nitrogens with one attached hydrogen (secondary N) is 1. The van der Waals surface area contributed by atoms with E-state index in [2.05, 4.69) is 40.9 Å². The summed E-state index contributed by atoms with van der Waals surface area (Å²) in [6.45, 7) is 4.46. The highest BCUT2D eigenvalue weighted by molar-refractivity contribution is 7.07. The average molecular weight is 292 g/mol. The Labute approximate surface area is 125 Å². The first-order chi connectivity index (χ1) is 9.70. The number of rotatable bonds is 5. The van der Waals surface area contributed by atoms with E-state index in [1.54, 1.807) is 11.3 Å². The number of amides is 1. The highest BCUT2D eigenvalue weighted by Crippen LogP contribution is 2.39. The van der Waals surface area contributed by atoms with Crippen molar-refractivity contribution in [2.45, 2.75) is 64.2 Å². The Hall–Kier alpha value is -0.870. The van der Waals surface area contributed by atoms with E-state index in [1.807, 2.05) is 0 Å². The molecule has 1 saturated carbocycles. The predicted molar refractivity (Wildman–Crippen MR) is 82.5 cm³/mol. The molecule has 0 bridgehead atoms. The normalized spacial score (nSPS) is 33.5. The summed E-state index contributed by atoms with van der Waals surface area (Å²) in [6.07, 6.45) is 5.66. The van der Waals surface area contributed by atoms with Gasteiger partial charge < -0.3 is 4.90 Å². The maximum absolute atomic E-state index is 12.7. The fourth-order valence-electron chi connectivity index (χ4n) is 3.43. The Morgan fingerprint density at radius 2 is 2.25 bits per heavy atom. The van der Waals surface area contributed by atoms with Crippen molar-refractivity contribution in [1.29, 1.82) is 0 Å². The second-order valence-electron chi connectivity index (χ2n) is 6.30.